The van der Waals surface area contributed by atoms with Crippen LogP contribution < -0.4 is 11.1 Å². The van der Waals surface area contributed by atoms with E-state index in [1.807, 2.05) is 0 Å². The van der Waals surface area contributed by atoms with Gasteiger partial charge in [-0.05, 0) is 18.8 Å². The van der Waals surface area contributed by atoms with Crippen molar-refractivity contribution >= 4 is 21.5 Å². The number of nitrogens with zero attached hydrogens (tertiary/aromatic N) is 1. The molecule has 1 atom stereocenters. The van der Waals surface area contributed by atoms with E-state index in [0.29, 0.717) is 17.5 Å². The second-order valence-corrected chi connectivity index (χ2v) is 4.42. The van der Waals surface area contributed by atoms with Gasteiger partial charge in [0.1, 0.15) is 5.00 Å². The van der Waals surface area contributed by atoms with Crippen LogP contribution in [0.2, 0.25) is 0 Å². The molecule has 1 aliphatic rings. The van der Waals surface area contributed by atoms with Gasteiger partial charge in [-0.2, -0.15) is 0 Å². The summed E-state index contributed by atoms with van der Waals surface area (Å²) in [4.78, 5) is 4.04. The zero-order valence-electron chi connectivity index (χ0n) is 7.23. The molecule has 0 aliphatic heterocycles. The van der Waals surface area contributed by atoms with Gasteiger partial charge in [0.2, 0.25) is 0 Å². The Morgan fingerprint density at radius 1 is 1.77 bits per heavy atom. The Morgan fingerprint density at radius 2 is 2.54 bits per heavy atom. The topological polar surface area (TPSA) is 71.2 Å². The van der Waals surface area contributed by atoms with Crippen molar-refractivity contribution in [1.29, 1.82) is 0 Å². The SMILES string of the molecule is Nc1cnc(NCC(O)C2CC2)s1. The lowest BCUT2D eigenvalue weighted by molar-refractivity contribution is 0.164. The number of nitrogens with one attached hydrogen (secondary N) is 1. The molecule has 1 aromatic rings. The summed E-state index contributed by atoms with van der Waals surface area (Å²) < 4.78 is 0. The third-order valence-electron chi connectivity index (χ3n) is 2.15. The van der Waals surface area contributed by atoms with E-state index in [9.17, 15) is 5.11 Å². The normalized spacial score (nSPS) is 18.5. The lowest BCUT2D eigenvalue weighted by Gasteiger charge is -2.08. The van der Waals surface area contributed by atoms with Gasteiger partial charge in [-0.1, -0.05) is 11.3 Å². The van der Waals surface area contributed by atoms with Gasteiger partial charge in [0, 0.05) is 6.54 Å². The van der Waals surface area contributed by atoms with Crippen LogP contribution in [0.1, 0.15) is 12.8 Å². The van der Waals surface area contributed by atoms with Crippen molar-refractivity contribution in [3.63, 3.8) is 0 Å². The van der Waals surface area contributed by atoms with E-state index in [1.54, 1.807) is 6.20 Å². The minimum absolute atomic E-state index is 0.231. The van der Waals surface area contributed by atoms with E-state index < -0.39 is 0 Å². The highest BCUT2D eigenvalue weighted by Crippen LogP contribution is 2.32. The van der Waals surface area contributed by atoms with Crippen LogP contribution in [-0.4, -0.2) is 22.7 Å². The quantitative estimate of drug-likeness (QED) is 0.674. The standard InChI is InChI=1S/C8H13N3OS/c9-7-4-11-8(13-7)10-3-6(12)5-1-2-5/h4-6,12H,1-3,9H2,(H,10,11). The summed E-state index contributed by atoms with van der Waals surface area (Å²) in [6.07, 6.45) is 3.70. The van der Waals surface area contributed by atoms with E-state index >= 15 is 0 Å². The number of aromatic nitrogens is 1. The van der Waals surface area contributed by atoms with Gasteiger partial charge in [0.25, 0.3) is 0 Å². The molecule has 0 aromatic carbocycles. The molecular weight excluding hydrogens is 186 g/mol. The molecule has 1 fully saturated rings. The van der Waals surface area contributed by atoms with Crippen molar-refractivity contribution < 1.29 is 5.11 Å². The van der Waals surface area contributed by atoms with Crippen molar-refractivity contribution in [2.45, 2.75) is 18.9 Å². The highest BCUT2D eigenvalue weighted by atomic mass is 32.1. The lowest BCUT2D eigenvalue weighted by atomic mass is 10.2. The molecule has 1 aliphatic carbocycles. The first-order valence-corrected chi connectivity index (χ1v) is 5.20. The van der Waals surface area contributed by atoms with Crippen LogP contribution in [0.15, 0.2) is 6.20 Å². The second kappa shape index (κ2) is 3.51. The number of aliphatic hydroxyl groups excluding tert-OH is 1. The smallest absolute Gasteiger partial charge is 0.184 e. The van der Waals surface area contributed by atoms with Crippen molar-refractivity contribution in [2.24, 2.45) is 5.92 Å². The van der Waals surface area contributed by atoms with Crippen LogP contribution in [0.5, 0.6) is 0 Å². The Morgan fingerprint density at radius 3 is 3.08 bits per heavy atom. The molecule has 0 bridgehead atoms. The fourth-order valence-electron chi connectivity index (χ4n) is 1.21. The monoisotopic (exact) mass is 199 g/mol. The van der Waals surface area contributed by atoms with Gasteiger partial charge in [0.05, 0.1) is 12.3 Å². The average molecular weight is 199 g/mol. The van der Waals surface area contributed by atoms with Crippen LogP contribution in [0.3, 0.4) is 0 Å². The zero-order valence-corrected chi connectivity index (χ0v) is 8.05. The van der Waals surface area contributed by atoms with Crippen LogP contribution in [-0.2, 0) is 0 Å². The fourth-order valence-corrected chi connectivity index (χ4v) is 1.80. The summed E-state index contributed by atoms with van der Waals surface area (Å²) in [5.41, 5.74) is 5.51. The van der Waals surface area contributed by atoms with Crippen molar-refractivity contribution in [1.82, 2.24) is 4.98 Å². The number of thiazole rings is 1. The number of anilines is 2. The van der Waals surface area contributed by atoms with Crippen LogP contribution in [0, 0.1) is 5.92 Å². The van der Waals surface area contributed by atoms with Crippen molar-refractivity contribution in [3.8, 4) is 0 Å². The van der Waals surface area contributed by atoms with Gasteiger partial charge in [-0.25, -0.2) is 4.98 Å². The summed E-state index contributed by atoms with van der Waals surface area (Å²) in [5, 5.41) is 14.1. The average Bonchev–Trinajstić information content (AvgIpc) is 2.87. The molecule has 0 radical (unpaired) electrons. The van der Waals surface area contributed by atoms with E-state index in [0.717, 1.165) is 18.0 Å². The Kier molecular flexibility index (Phi) is 2.37. The zero-order chi connectivity index (χ0) is 9.26. The van der Waals surface area contributed by atoms with Gasteiger partial charge in [-0.3, -0.25) is 0 Å². The fraction of sp³-hybridized carbons (Fsp3) is 0.625. The lowest BCUT2D eigenvalue weighted by Crippen LogP contribution is -2.21. The summed E-state index contributed by atoms with van der Waals surface area (Å²) >= 11 is 1.41. The summed E-state index contributed by atoms with van der Waals surface area (Å²) in [7, 11) is 0. The maximum Gasteiger partial charge on any atom is 0.184 e. The van der Waals surface area contributed by atoms with Crippen LogP contribution in [0.25, 0.3) is 0 Å². The van der Waals surface area contributed by atoms with Gasteiger partial charge < -0.3 is 16.2 Å². The molecule has 0 saturated heterocycles. The number of rotatable bonds is 4. The predicted octanol–water partition coefficient (Wildman–Crippen LogP) is 0.908. The molecule has 4 N–H and O–H groups in total. The minimum atomic E-state index is -0.231. The molecule has 4 nitrogen and oxygen atoms in total. The van der Waals surface area contributed by atoms with E-state index in [4.69, 9.17) is 5.73 Å². The summed E-state index contributed by atoms with van der Waals surface area (Å²) in [6.45, 7) is 0.581. The van der Waals surface area contributed by atoms with Crippen LogP contribution in [0.4, 0.5) is 10.1 Å². The maximum atomic E-state index is 9.54. The molecule has 1 unspecified atom stereocenters. The van der Waals surface area contributed by atoms with Crippen molar-refractivity contribution in [2.75, 3.05) is 17.6 Å². The molecule has 2 rings (SSSR count). The summed E-state index contributed by atoms with van der Waals surface area (Å²) in [5.74, 6) is 0.504. The van der Waals surface area contributed by atoms with Gasteiger partial charge in [-0.15, -0.1) is 0 Å². The van der Waals surface area contributed by atoms with E-state index in [1.165, 1.54) is 11.3 Å². The maximum absolute atomic E-state index is 9.54. The third-order valence-corrected chi connectivity index (χ3v) is 2.94. The number of aliphatic hydroxyl groups is 1. The van der Waals surface area contributed by atoms with E-state index in [-0.39, 0.29) is 6.10 Å². The summed E-state index contributed by atoms with van der Waals surface area (Å²) in [6, 6.07) is 0. The number of hydrogen-bond acceptors (Lipinski definition) is 5. The molecule has 1 aromatic heterocycles. The Bertz CT molecular complexity index is 285. The first-order chi connectivity index (χ1) is 6.25. The highest BCUT2D eigenvalue weighted by molar-refractivity contribution is 7.19. The highest BCUT2D eigenvalue weighted by Gasteiger charge is 2.29. The van der Waals surface area contributed by atoms with E-state index in [2.05, 4.69) is 10.3 Å². The van der Waals surface area contributed by atoms with Crippen molar-refractivity contribution in [3.05, 3.63) is 6.20 Å². The molecule has 1 heterocycles. The molecule has 1 saturated carbocycles. The number of hydrogen-bond donors (Lipinski definition) is 3. The molecule has 72 valence electrons. The first-order valence-electron chi connectivity index (χ1n) is 4.39. The number of nitrogens with two attached hydrogens (primary N) is 1. The first kappa shape index (κ1) is 8.77. The largest absolute Gasteiger partial charge is 0.391 e. The molecule has 0 amide bonds. The molecule has 5 heteroatoms. The van der Waals surface area contributed by atoms with Gasteiger partial charge >= 0.3 is 0 Å². The Balaban J connectivity index is 1.78. The van der Waals surface area contributed by atoms with Gasteiger partial charge in [0.15, 0.2) is 5.13 Å². The number of nitrogen functional groups attached to an aromatic ring is 1. The predicted molar refractivity (Wildman–Crippen MR) is 53.7 cm³/mol. The molecule has 0 spiro atoms. The molecule has 13 heavy (non-hydrogen) atoms. The minimum Gasteiger partial charge on any atom is -0.391 e. The molecular formula is C8H13N3OS. The second-order valence-electron chi connectivity index (χ2n) is 3.35. The Hall–Kier alpha value is -0.810. The third kappa shape index (κ3) is 2.32. The Labute approximate surface area is 80.8 Å². The van der Waals surface area contributed by atoms with Crippen LogP contribution >= 0.6 is 11.3 Å².